The van der Waals surface area contributed by atoms with Gasteiger partial charge in [0.15, 0.2) is 17.4 Å². The Labute approximate surface area is 228 Å². The number of anilines is 1. The molecule has 39 heavy (non-hydrogen) atoms. The van der Waals surface area contributed by atoms with Gasteiger partial charge in [-0.2, -0.15) is 0 Å². The lowest BCUT2D eigenvalue weighted by atomic mass is 9.57. The minimum absolute atomic E-state index is 0.0210. The summed E-state index contributed by atoms with van der Waals surface area (Å²) in [6.45, 7) is 1.63. The lowest BCUT2D eigenvalue weighted by molar-refractivity contribution is -0.0558. The molecule has 2 aliphatic carbocycles. The normalized spacial score (nSPS) is 20.7. The van der Waals surface area contributed by atoms with E-state index in [4.69, 9.17) is 16.3 Å². The van der Waals surface area contributed by atoms with Gasteiger partial charge in [0, 0.05) is 54.0 Å². The molecule has 3 heterocycles. The lowest BCUT2D eigenvalue weighted by Gasteiger charge is -2.59. The molecule has 0 bridgehead atoms. The van der Waals surface area contributed by atoms with Gasteiger partial charge < -0.3 is 9.64 Å². The summed E-state index contributed by atoms with van der Waals surface area (Å²) < 4.78 is 64.9. The van der Waals surface area contributed by atoms with E-state index in [1.807, 2.05) is 21.6 Å². The Hall–Kier alpha value is -2.85. The number of rotatable bonds is 6. The standard InChI is InChI=1S/C28H28ClF4N5O/c1-39-24-8-23(20(30)7-21(24)31)37-13-27(14-37)9-17(10-27)26-35-34-25-12-36(15-28(32,33)18-2-3-18)11-16-6-19(29)4-5-22(16)38(25)26/h4-8,17-18H,2-3,9-15H2,1H3. The van der Waals surface area contributed by atoms with Crippen LogP contribution in [0.4, 0.5) is 23.2 Å². The summed E-state index contributed by atoms with van der Waals surface area (Å²) in [4.78, 5) is 3.66. The molecule has 3 aromatic rings. The number of aromatic nitrogens is 3. The first-order chi connectivity index (χ1) is 18.6. The highest BCUT2D eigenvalue weighted by Gasteiger charge is 2.55. The highest BCUT2D eigenvalue weighted by atomic mass is 35.5. The Morgan fingerprint density at radius 2 is 1.79 bits per heavy atom. The molecule has 1 saturated heterocycles. The molecule has 4 aliphatic rings. The van der Waals surface area contributed by atoms with Crippen molar-refractivity contribution < 1.29 is 22.3 Å². The van der Waals surface area contributed by atoms with Crippen LogP contribution in [0.1, 0.15) is 48.8 Å². The van der Waals surface area contributed by atoms with Gasteiger partial charge in [-0.3, -0.25) is 9.47 Å². The van der Waals surface area contributed by atoms with Crippen molar-refractivity contribution in [1.29, 1.82) is 0 Å². The molecule has 2 saturated carbocycles. The molecule has 2 aromatic carbocycles. The number of nitrogens with zero attached hydrogens (tertiary/aromatic N) is 5. The van der Waals surface area contributed by atoms with Crippen LogP contribution in [0.15, 0.2) is 30.3 Å². The summed E-state index contributed by atoms with van der Waals surface area (Å²) >= 11 is 6.31. The maximum atomic E-state index is 14.8. The van der Waals surface area contributed by atoms with Crippen LogP contribution >= 0.6 is 11.6 Å². The van der Waals surface area contributed by atoms with E-state index in [0.29, 0.717) is 49.0 Å². The molecule has 0 amide bonds. The largest absolute Gasteiger partial charge is 0.494 e. The number of methoxy groups -OCH3 is 1. The van der Waals surface area contributed by atoms with Crippen molar-refractivity contribution >= 4 is 17.3 Å². The summed E-state index contributed by atoms with van der Waals surface area (Å²) in [5.41, 5.74) is 2.12. The van der Waals surface area contributed by atoms with Crippen molar-refractivity contribution in [2.24, 2.45) is 11.3 Å². The number of fused-ring (bicyclic) bond motifs is 3. The van der Waals surface area contributed by atoms with Crippen molar-refractivity contribution in [3.63, 3.8) is 0 Å². The van der Waals surface area contributed by atoms with E-state index in [2.05, 4.69) is 10.2 Å². The summed E-state index contributed by atoms with van der Waals surface area (Å²) in [6, 6.07) is 7.84. The quantitative estimate of drug-likeness (QED) is 0.348. The number of alkyl halides is 2. The molecule has 0 atom stereocenters. The minimum Gasteiger partial charge on any atom is -0.494 e. The molecular weight excluding hydrogens is 534 g/mol. The number of halogens is 5. The monoisotopic (exact) mass is 561 g/mol. The second-order valence-electron chi connectivity index (χ2n) is 11.7. The van der Waals surface area contributed by atoms with E-state index in [1.54, 1.807) is 11.0 Å². The fourth-order valence-corrected chi connectivity index (χ4v) is 6.87. The number of hydrogen-bond acceptors (Lipinski definition) is 5. The van der Waals surface area contributed by atoms with Gasteiger partial charge in [-0.25, -0.2) is 17.6 Å². The molecule has 1 spiro atoms. The van der Waals surface area contributed by atoms with Gasteiger partial charge in [0.25, 0.3) is 5.92 Å². The molecule has 0 N–H and O–H groups in total. The smallest absolute Gasteiger partial charge is 0.263 e. The van der Waals surface area contributed by atoms with E-state index in [-0.39, 0.29) is 30.2 Å². The predicted octanol–water partition coefficient (Wildman–Crippen LogP) is 5.95. The Morgan fingerprint density at radius 1 is 1.03 bits per heavy atom. The van der Waals surface area contributed by atoms with Crippen molar-refractivity contribution in [1.82, 2.24) is 19.7 Å². The molecule has 6 nitrogen and oxygen atoms in total. The molecule has 0 radical (unpaired) electrons. The fraction of sp³-hybridized carbons (Fsp3) is 0.500. The van der Waals surface area contributed by atoms with Gasteiger partial charge in [-0.1, -0.05) is 11.6 Å². The Bertz CT molecular complexity index is 1440. The maximum absolute atomic E-state index is 14.8. The van der Waals surface area contributed by atoms with Gasteiger partial charge in [-0.05, 0) is 49.4 Å². The summed E-state index contributed by atoms with van der Waals surface area (Å²) in [5.74, 6) is -2.96. The average Bonchev–Trinajstić information content (AvgIpc) is 3.63. The second-order valence-corrected chi connectivity index (χ2v) is 12.1. The zero-order valence-electron chi connectivity index (χ0n) is 21.4. The average molecular weight is 562 g/mol. The Kier molecular flexibility index (Phi) is 5.69. The first-order valence-corrected chi connectivity index (χ1v) is 13.6. The lowest BCUT2D eigenvalue weighted by Crippen LogP contribution is -2.62. The van der Waals surface area contributed by atoms with Crippen LogP contribution in [0.5, 0.6) is 5.75 Å². The van der Waals surface area contributed by atoms with E-state index in [1.165, 1.54) is 13.2 Å². The maximum Gasteiger partial charge on any atom is 0.263 e. The van der Waals surface area contributed by atoms with Gasteiger partial charge >= 0.3 is 0 Å². The number of ether oxygens (including phenoxy) is 1. The SMILES string of the molecule is COc1cc(N2CC3(CC(c4nnc5n4-c4ccc(Cl)cc4CN(CC(F)(F)C4CC4)C5)C3)C2)c(F)cc1F. The van der Waals surface area contributed by atoms with Crippen molar-refractivity contribution in [2.45, 2.75) is 50.6 Å². The second kappa shape index (κ2) is 8.83. The van der Waals surface area contributed by atoms with Crippen LogP contribution < -0.4 is 9.64 Å². The minimum atomic E-state index is -2.73. The summed E-state index contributed by atoms with van der Waals surface area (Å²) in [5, 5.41) is 9.56. The topological polar surface area (TPSA) is 46.4 Å². The highest BCUT2D eigenvalue weighted by molar-refractivity contribution is 6.30. The first kappa shape index (κ1) is 25.1. The van der Waals surface area contributed by atoms with Gasteiger partial charge in [-0.15, -0.1) is 10.2 Å². The first-order valence-electron chi connectivity index (χ1n) is 13.3. The van der Waals surface area contributed by atoms with Crippen LogP contribution in [-0.2, 0) is 13.1 Å². The zero-order chi connectivity index (χ0) is 27.1. The predicted molar refractivity (Wildman–Crippen MR) is 138 cm³/mol. The van der Waals surface area contributed by atoms with Crippen LogP contribution in [-0.4, -0.2) is 52.3 Å². The van der Waals surface area contributed by atoms with E-state index in [0.717, 1.165) is 36.0 Å². The third-order valence-corrected chi connectivity index (χ3v) is 8.98. The molecule has 1 aromatic heterocycles. The Balaban J connectivity index is 1.11. The molecule has 0 unspecified atom stereocenters. The molecule has 206 valence electrons. The van der Waals surface area contributed by atoms with Gasteiger partial charge in [0.05, 0.1) is 31.6 Å². The van der Waals surface area contributed by atoms with E-state index in [9.17, 15) is 17.6 Å². The zero-order valence-corrected chi connectivity index (χ0v) is 22.2. The van der Waals surface area contributed by atoms with Gasteiger partial charge in [0.1, 0.15) is 11.6 Å². The number of benzene rings is 2. The van der Waals surface area contributed by atoms with Crippen LogP contribution in [0.2, 0.25) is 5.02 Å². The van der Waals surface area contributed by atoms with Gasteiger partial charge in [0.2, 0.25) is 0 Å². The number of hydrogen-bond donors (Lipinski definition) is 0. The summed E-state index contributed by atoms with van der Waals surface area (Å²) in [7, 11) is 1.36. The highest BCUT2D eigenvalue weighted by Crippen LogP contribution is 2.57. The van der Waals surface area contributed by atoms with Crippen LogP contribution in [0.3, 0.4) is 0 Å². The van der Waals surface area contributed by atoms with E-state index < -0.39 is 23.5 Å². The Morgan fingerprint density at radius 3 is 2.51 bits per heavy atom. The molecule has 11 heteroatoms. The van der Waals surface area contributed by atoms with Crippen molar-refractivity contribution in [3.8, 4) is 11.4 Å². The third-order valence-electron chi connectivity index (χ3n) is 8.74. The van der Waals surface area contributed by atoms with E-state index >= 15 is 0 Å². The molecule has 7 rings (SSSR count). The molecule has 2 aliphatic heterocycles. The summed E-state index contributed by atoms with van der Waals surface area (Å²) in [6.07, 6.45) is 2.86. The fourth-order valence-electron chi connectivity index (χ4n) is 6.68. The molecule has 3 fully saturated rings. The molecular formula is C28H28ClF4N5O. The van der Waals surface area contributed by atoms with Crippen molar-refractivity contribution in [2.75, 3.05) is 31.6 Å². The van der Waals surface area contributed by atoms with Crippen LogP contribution in [0.25, 0.3) is 5.69 Å². The third kappa shape index (κ3) is 4.27. The van der Waals surface area contributed by atoms with Crippen LogP contribution in [0, 0.1) is 23.0 Å². The van der Waals surface area contributed by atoms with Crippen molar-refractivity contribution in [3.05, 3.63) is 64.2 Å².